The van der Waals surface area contributed by atoms with Crippen molar-refractivity contribution in [2.45, 2.75) is 65.8 Å². The van der Waals surface area contributed by atoms with Gasteiger partial charge in [0.25, 0.3) is 0 Å². The summed E-state index contributed by atoms with van der Waals surface area (Å²) in [5.41, 5.74) is -0.0614. The van der Waals surface area contributed by atoms with E-state index in [9.17, 15) is 9.59 Å². The van der Waals surface area contributed by atoms with E-state index < -0.39 is 5.97 Å². The smallest absolute Gasteiger partial charge is 0.317 e. The lowest BCUT2D eigenvalue weighted by molar-refractivity contribution is -0.137. The van der Waals surface area contributed by atoms with Crippen molar-refractivity contribution >= 4 is 12.0 Å². The molecule has 21 heavy (non-hydrogen) atoms. The highest BCUT2D eigenvalue weighted by Gasteiger charge is 2.32. The van der Waals surface area contributed by atoms with E-state index in [1.165, 1.54) is 0 Å². The molecule has 0 heterocycles. The van der Waals surface area contributed by atoms with Crippen molar-refractivity contribution in [2.24, 2.45) is 11.3 Å². The number of carboxylic acid groups (broad SMARTS) is 1. The number of hydrogen-bond acceptors (Lipinski definition) is 2. The lowest BCUT2D eigenvalue weighted by atomic mass is 9.84. The molecule has 1 aliphatic carbocycles. The fourth-order valence-corrected chi connectivity index (χ4v) is 2.36. The Kier molecular flexibility index (Phi) is 6.49. The van der Waals surface area contributed by atoms with Crippen LogP contribution in [0.15, 0.2) is 0 Å². The van der Waals surface area contributed by atoms with Gasteiger partial charge >= 0.3 is 12.0 Å². The normalized spacial score (nSPS) is 15.1. The number of rotatable bonds is 9. The lowest BCUT2D eigenvalue weighted by Gasteiger charge is -2.27. The van der Waals surface area contributed by atoms with E-state index in [0.717, 1.165) is 25.8 Å². The Balaban J connectivity index is 2.32. The Morgan fingerprint density at radius 1 is 1.29 bits per heavy atom. The third kappa shape index (κ3) is 7.34. The monoisotopic (exact) mass is 298 g/mol. The summed E-state index contributed by atoms with van der Waals surface area (Å²) in [6, 6.07) is 0.452. The Morgan fingerprint density at radius 2 is 1.90 bits per heavy atom. The first-order chi connectivity index (χ1) is 9.71. The van der Waals surface area contributed by atoms with Crippen LogP contribution in [-0.4, -0.2) is 41.1 Å². The van der Waals surface area contributed by atoms with Gasteiger partial charge in [0.1, 0.15) is 0 Å². The van der Waals surface area contributed by atoms with E-state index in [1.807, 2.05) is 4.90 Å². The Morgan fingerprint density at radius 3 is 2.38 bits per heavy atom. The van der Waals surface area contributed by atoms with Crippen LogP contribution in [0.3, 0.4) is 0 Å². The number of aliphatic carboxylic acids is 1. The third-order valence-electron chi connectivity index (χ3n) is 3.90. The van der Waals surface area contributed by atoms with E-state index in [1.54, 1.807) is 0 Å². The molecular weight excluding hydrogens is 268 g/mol. The van der Waals surface area contributed by atoms with E-state index in [0.29, 0.717) is 24.9 Å². The van der Waals surface area contributed by atoms with E-state index in [-0.39, 0.29) is 17.9 Å². The quantitative estimate of drug-likeness (QED) is 0.687. The zero-order chi connectivity index (χ0) is 16.0. The summed E-state index contributed by atoms with van der Waals surface area (Å²) in [5.74, 6) is -0.285. The number of nitrogens with one attached hydrogen (secondary N) is 1. The van der Waals surface area contributed by atoms with Gasteiger partial charge in [-0.15, -0.1) is 0 Å². The first-order valence-electron chi connectivity index (χ1n) is 7.97. The molecule has 5 heteroatoms. The summed E-state index contributed by atoms with van der Waals surface area (Å²) in [6.07, 6.45) is 3.85. The molecule has 0 atom stereocenters. The summed E-state index contributed by atoms with van der Waals surface area (Å²) < 4.78 is 0. The summed E-state index contributed by atoms with van der Waals surface area (Å²) in [7, 11) is 0. The minimum Gasteiger partial charge on any atom is -0.481 e. The number of amides is 2. The first kappa shape index (κ1) is 17.8. The van der Waals surface area contributed by atoms with Crippen molar-refractivity contribution in [1.82, 2.24) is 10.2 Å². The molecule has 0 radical (unpaired) electrons. The minimum absolute atomic E-state index is 0.0280. The van der Waals surface area contributed by atoms with Crippen molar-refractivity contribution in [3.8, 4) is 0 Å². The van der Waals surface area contributed by atoms with Gasteiger partial charge in [0, 0.05) is 25.6 Å². The summed E-state index contributed by atoms with van der Waals surface area (Å²) in [5, 5.41) is 11.7. The summed E-state index contributed by atoms with van der Waals surface area (Å²) in [4.78, 5) is 24.8. The molecule has 0 aromatic carbocycles. The molecule has 0 aliphatic heterocycles. The van der Waals surface area contributed by atoms with Crippen LogP contribution >= 0.6 is 0 Å². The Bertz CT molecular complexity index is 363. The number of urea groups is 1. The maximum atomic E-state index is 12.2. The molecule has 5 nitrogen and oxygen atoms in total. The zero-order valence-electron chi connectivity index (χ0n) is 13.8. The molecule has 1 rings (SSSR count). The maximum absolute atomic E-state index is 12.2. The molecule has 1 fully saturated rings. The van der Waals surface area contributed by atoms with Crippen LogP contribution < -0.4 is 5.32 Å². The highest BCUT2D eigenvalue weighted by Crippen LogP contribution is 2.28. The second kappa shape index (κ2) is 7.66. The van der Waals surface area contributed by atoms with Crippen molar-refractivity contribution in [1.29, 1.82) is 0 Å². The molecule has 0 spiro atoms. The number of carboxylic acids is 1. The highest BCUT2D eigenvalue weighted by molar-refractivity contribution is 5.74. The van der Waals surface area contributed by atoms with E-state index >= 15 is 0 Å². The molecule has 2 amide bonds. The zero-order valence-corrected chi connectivity index (χ0v) is 13.8. The first-order valence-corrected chi connectivity index (χ1v) is 7.97. The fraction of sp³-hybridized carbons (Fsp3) is 0.875. The largest absolute Gasteiger partial charge is 0.481 e. The molecule has 2 N–H and O–H groups in total. The van der Waals surface area contributed by atoms with Crippen molar-refractivity contribution in [2.75, 3.05) is 13.1 Å². The molecule has 0 bridgehead atoms. The third-order valence-corrected chi connectivity index (χ3v) is 3.90. The van der Waals surface area contributed by atoms with Crippen molar-refractivity contribution in [3.63, 3.8) is 0 Å². The van der Waals surface area contributed by atoms with Crippen LogP contribution in [0.1, 0.15) is 59.8 Å². The summed E-state index contributed by atoms with van der Waals surface area (Å²) in [6.45, 7) is 9.75. The molecule has 0 saturated heterocycles. The van der Waals surface area contributed by atoms with Crippen LogP contribution in [0.5, 0.6) is 0 Å². The fourth-order valence-electron chi connectivity index (χ4n) is 2.36. The van der Waals surface area contributed by atoms with Gasteiger partial charge in [0.05, 0.1) is 0 Å². The van der Waals surface area contributed by atoms with Crippen LogP contribution in [-0.2, 0) is 4.79 Å². The van der Waals surface area contributed by atoms with Crippen molar-refractivity contribution in [3.05, 3.63) is 0 Å². The van der Waals surface area contributed by atoms with Crippen LogP contribution in [0.2, 0.25) is 0 Å². The summed E-state index contributed by atoms with van der Waals surface area (Å²) >= 11 is 0. The van der Waals surface area contributed by atoms with Crippen LogP contribution in [0, 0.1) is 11.3 Å². The van der Waals surface area contributed by atoms with Gasteiger partial charge in [-0.05, 0) is 37.0 Å². The van der Waals surface area contributed by atoms with E-state index in [2.05, 4.69) is 33.0 Å². The van der Waals surface area contributed by atoms with E-state index in [4.69, 9.17) is 5.11 Å². The molecule has 1 saturated carbocycles. The van der Waals surface area contributed by atoms with Gasteiger partial charge in [-0.25, -0.2) is 4.79 Å². The molecule has 1 aliphatic rings. The molecular formula is C16H30N2O3. The standard InChI is InChI=1S/C16H30N2O3/c1-12(2)11-18(13-5-6-13)15(21)17-10-9-16(3,4)8-7-14(19)20/h12-13H,5-11H2,1-4H3,(H,17,21)(H,19,20). The van der Waals surface area contributed by atoms with Gasteiger partial charge in [0.2, 0.25) is 0 Å². The number of carbonyl (C=O) groups is 2. The second-order valence-electron chi connectivity index (χ2n) is 7.32. The number of nitrogens with zero attached hydrogens (tertiary/aromatic N) is 1. The molecule has 122 valence electrons. The minimum atomic E-state index is -0.760. The van der Waals surface area contributed by atoms with Gasteiger partial charge in [-0.3, -0.25) is 4.79 Å². The lowest BCUT2D eigenvalue weighted by Crippen LogP contribution is -2.44. The predicted octanol–water partition coefficient (Wildman–Crippen LogP) is 3.10. The second-order valence-corrected chi connectivity index (χ2v) is 7.32. The average Bonchev–Trinajstić information content (AvgIpc) is 3.17. The predicted molar refractivity (Wildman–Crippen MR) is 83.2 cm³/mol. The average molecular weight is 298 g/mol. The highest BCUT2D eigenvalue weighted by atomic mass is 16.4. The van der Waals surface area contributed by atoms with Gasteiger partial charge in [-0.2, -0.15) is 0 Å². The molecule has 0 aromatic heterocycles. The van der Waals surface area contributed by atoms with Gasteiger partial charge in [-0.1, -0.05) is 27.7 Å². The topological polar surface area (TPSA) is 69.6 Å². The van der Waals surface area contributed by atoms with Crippen LogP contribution in [0.25, 0.3) is 0 Å². The van der Waals surface area contributed by atoms with Gasteiger partial charge < -0.3 is 15.3 Å². The molecule has 0 unspecified atom stereocenters. The Labute approximate surface area is 128 Å². The Hall–Kier alpha value is -1.26. The SMILES string of the molecule is CC(C)CN(C(=O)NCCC(C)(C)CCC(=O)O)C1CC1. The number of carbonyl (C=O) groups excluding carboxylic acids is 1. The maximum Gasteiger partial charge on any atom is 0.317 e. The van der Waals surface area contributed by atoms with Gasteiger partial charge in [0.15, 0.2) is 0 Å². The number of hydrogen-bond donors (Lipinski definition) is 2. The van der Waals surface area contributed by atoms with Crippen molar-refractivity contribution < 1.29 is 14.7 Å². The molecule has 0 aromatic rings. The van der Waals surface area contributed by atoms with Crippen LogP contribution in [0.4, 0.5) is 4.79 Å².